The van der Waals surface area contributed by atoms with Crippen molar-refractivity contribution in [2.24, 2.45) is 0 Å². The molecule has 1 saturated carbocycles. The molecule has 0 unspecified atom stereocenters. The quantitative estimate of drug-likeness (QED) is 0.389. The van der Waals surface area contributed by atoms with E-state index >= 15 is 0 Å². The molecule has 3 amide bonds. The van der Waals surface area contributed by atoms with E-state index < -0.39 is 30.4 Å². The molecule has 3 heterocycles. The minimum Gasteiger partial charge on any atom is -0.446 e. The van der Waals surface area contributed by atoms with Crippen LogP contribution in [-0.2, 0) is 32.2 Å². The van der Waals surface area contributed by atoms with Gasteiger partial charge in [0.05, 0.1) is 19.3 Å². The van der Waals surface area contributed by atoms with E-state index in [4.69, 9.17) is 9.47 Å². The van der Waals surface area contributed by atoms with Crippen molar-refractivity contribution < 1.29 is 28.2 Å². The highest BCUT2D eigenvalue weighted by Gasteiger charge is 2.43. The molecule has 45 heavy (non-hydrogen) atoms. The lowest BCUT2D eigenvalue weighted by molar-refractivity contribution is -0.125. The van der Waals surface area contributed by atoms with E-state index in [1.54, 1.807) is 0 Å². The third-order valence-electron chi connectivity index (χ3n) is 8.61. The highest BCUT2D eigenvalue weighted by molar-refractivity contribution is 5.87. The van der Waals surface area contributed by atoms with Crippen LogP contribution in [-0.4, -0.2) is 97.5 Å². The van der Waals surface area contributed by atoms with Gasteiger partial charge in [0.15, 0.2) is 0 Å². The second-order valence-corrected chi connectivity index (χ2v) is 12.2. The standard InChI is InChI=1S/C34H40FN5O5/c35-27-17-30(36-20-27)32(41)38-28-18-31(40(22-28)34(43)45-29-11-12-29)33(42)37-19-25-7-3-23(4-8-25)1-2-24-5-9-26(10-6-24)21-39-13-15-44-16-14-39/h3-10,27-31,36H,11-22H2,(H,37,42)(H,38,41)/t27-,28+,30-,31+/m0/s1. The lowest BCUT2D eigenvalue weighted by atomic mass is 10.1. The van der Waals surface area contributed by atoms with Crippen LogP contribution < -0.4 is 16.0 Å². The zero-order chi connectivity index (χ0) is 31.2. The van der Waals surface area contributed by atoms with Gasteiger partial charge in [-0.25, -0.2) is 9.18 Å². The largest absolute Gasteiger partial charge is 0.446 e. The third kappa shape index (κ3) is 8.60. The first-order chi connectivity index (χ1) is 21.9. The van der Waals surface area contributed by atoms with Gasteiger partial charge < -0.3 is 25.4 Å². The van der Waals surface area contributed by atoms with Crippen LogP contribution >= 0.6 is 0 Å². The second kappa shape index (κ2) is 14.4. The molecular formula is C34H40FN5O5. The summed E-state index contributed by atoms with van der Waals surface area (Å²) in [6.07, 6.45) is 0.284. The number of nitrogens with zero attached hydrogens (tertiary/aromatic N) is 2. The van der Waals surface area contributed by atoms with Crippen molar-refractivity contribution in [3.05, 3.63) is 70.8 Å². The van der Waals surface area contributed by atoms with Crippen molar-refractivity contribution in [3.63, 3.8) is 0 Å². The van der Waals surface area contributed by atoms with Crippen LogP contribution in [0.2, 0.25) is 0 Å². The number of alkyl halides is 1. The summed E-state index contributed by atoms with van der Waals surface area (Å²) in [5.41, 5.74) is 3.96. The average Bonchev–Trinajstić information content (AvgIpc) is 3.59. The first kappa shape index (κ1) is 31.0. The van der Waals surface area contributed by atoms with Gasteiger partial charge in [-0.15, -0.1) is 0 Å². The van der Waals surface area contributed by atoms with Crippen LogP contribution in [0, 0.1) is 11.8 Å². The fourth-order valence-corrected chi connectivity index (χ4v) is 5.85. The number of hydrogen-bond donors (Lipinski definition) is 3. The fourth-order valence-electron chi connectivity index (χ4n) is 5.85. The van der Waals surface area contributed by atoms with Crippen LogP contribution in [0.1, 0.15) is 47.9 Å². The number of hydrogen-bond acceptors (Lipinski definition) is 7. The lowest BCUT2D eigenvalue weighted by Gasteiger charge is -2.26. The summed E-state index contributed by atoms with van der Waals surface area (Å²) in [4.78, 5) is 42.5. The summed E-state index contributed by atoms with van der Waals surface area (Å²) in [6.45, 7) is 4.98. The van der Waals surface area contributed by atoms with Gasteiger partial charge >= 0.3 is 6.09 Å². The molecule has 0 radical (unpaired) electrons. The molecule has 6 rings (SSSR count). The van der Waals surface area contributed by atoms with Crippen LogP contribution in [0.4, 0.5) is 9.18 Å². The van der Waals surface area contributed by atoms with Crippen molar-refractivity contribution in [2.75, 3.05) is 39.4 Å². The van der Waals surface area contributed by atoms with Crippen LogP contribution in [0.15, 0.2) is 48.5 Å². The number of carbonyl (C=O) groups excluding carboxylic acids is 3. The molecule has 2 aromatic carbocycles. The van der Waals surface area contributed by atoms with E-state index in [9.17, 15) is 18.8 Å². The van der Waals surface area contributed by atoms with Gasteiger partial charge in [0.25, 0.3) is 0 Å². The van der Waals surface area contributed by atoms with Gasteiger partial charge in [0.1, 0.15) is 18.3 Å². The molecule has 0 aromatic heterocycles. The minimum absolute atomic E-state index is 0.111. The van der Waals surface area contributed by atoms with Crippen molar-refractivity contribution in [3.8, 4) is 11.8 Å². The Morgan fingerprint density at radius 3 is 2.22 bits per heavy atom. The number of morpholine rings is 1. The SMILES string of the molecule is O=C(N[C@@H]1C[C@H](C(=O)NCc2ccc(C#Cc3ccc(CN4CCOCC4)cc3)cc2)N(C(=O)OC2CC2)C1)[C@@H]1C[C@H](F)CN1. The molecule has 1 aliphatic carbocycles. The summed E-state index contributed by atoms with van der Waals surface area (Å²) in [6, 6.07) is 14.2. The Morgan fingerprint density at radius 1 is 0.933 bits per heavy atom. The maximum absolute atomic E-state index is 13.6. The number of nitrogens with one attached hydrogen (secondary N) is 3. The Morgan fingerprint density at radius 2 is 1.60 bits per heavy atom. The van der Waals surface area contributed by atoms with Crippen molar-refractivity contribution in [2.45, 2.75) is 69.2 Å². The predicted octanol–water partition coefficient (Wildman–Crippen LogP) is 2.09. The Kier molecular flexibility index (Phi) is 9.94. The molecule has 0 spiro atoms. The van der Waals surface area contributed by atoms with Crippen molar-refractivity contribution >= 4 is 17.9 Å². The van der Waals surface area contributed by atoms with Gasteiger partial charge in [-0.2, -0.15) is 0 Å². The van der Waals surface area contributed by atoms with Crippen LogP contribution in [0.25, 0.3) is 0 Å². The molecule has 238 valence electrons. The average molecular weight is 618 g/mol. The Bertz CT molecular complexity index is 1420. The highest BCUT2D eigenvalue weighted by atomic mass is 19.1. The molecule has 11 heteroatoms. The van der Waals surface area contributed by atoms with E-state index in [-0.39, 0.29) is 50.4 Å². The van der Waals surface area contributed by atoms with Crippen LogP contribution in [0.5, 0.6) is 0 Å². The first-order valence-electron chi connectivity index (χ1n) is 15.8. The molecule has 4 fully saturated rings. The van der Waals surface area contributed by atoms with E-state index in [2.05, 4.69) is 44.8 Å². The zero-order valence-corrected chi connectivity index (χ0v) is 25.3. The Balaban J connectivity index is 1.00. The normalized spacial score (nSPS) is 24.9. The van der Waals surface area contributed by atoms with Crippen LogP contribution in [0.3, 0.4) is 0 Å². The molecular weight excluding hydrogens is 577 g/mol. The lowest BCUT2D eigenvalue weighted by Crippen LogP contribution is -2.47. The Labute approximate surface area is 263 Å². The number of rotatable bonds is 8. The van der Waals surface area contributed by atoms with Gasteiger partial charge in [-0.05, 0) is 54.7 Å². The van der Waals surface area contributed by atoms with E-state index in [1.807, 2.05) is 36.4 Å². The summed E-state index contributed by atoms with van der Waals surface area (Å²) in [7, 11) is 0. The maximum atomic E-state index is 13.6. The monoisotopic (exact) mass is 617 g/mol. The molecule has 2 aromatic rings. The summed E-state index contributed by atoms with van der Waals surface area (Å²) >= 11 is 0. The summed E-state index contributed by atoms with van der Waals surface area (Å²) in [5.74, 6) is 5.78. The minimum atomic E-state index is -1.06. The fraction of sp³-hybridized carbons (Fsp3) is 0.500. The van der Waals surface area contributed by atoms with Gasteiger partial charge in [-0.3, -0.25) is 19.4 Å². The number of likely N-dealkylation sites (tertiary alicyclic amines) is 1. The highest BCUT2D eigenvalue weighted by Crippen LogP contribution is 2.27. The molecule has 3 aliphatic heterocycles. The topological polar surface area (TPSA) is 112 Å². The molecule has 4 atom stereocenters. The van der Waals surface area contributed by atoms with Gasteiger partial charge in [-0.1, -0.05) is 36.1 Å². The number of halogens is 1. The number of amides is 3. The second-order valence-electron chi connectivity index (χ2n) is 12.2. The number of carbonyl (C=O) groups is 3. The zero-order valence-electron chi connectivity index (χ0n) is 25.3. The van der Waals surface area contributed by atoms with E-state index in [0.29, 0.717) is 0 Å². The Hall–Kier alpha value is -3.98. The molecule has 3 N–H and O–H groups in total. The van der Waals surface area contributed by atoms with Crippen molar-refractivity contribution in [1.29, 1.82) is 0 Å². The maximum Gasteiger partial charge on any atom is 0.410 e. The first-order valence-corrected chi connectivity index (χ1v) is 15.8. The summed E-state index contributed by atoms with van der Waals surface area (Å²) in [5, 5.41) is 8.69. The van der Waals surface area contributed by atoms with Gasteiger partial charge in [0.2, 0.25) is 11.8 Å². The smallest absolute Gasteiger partial charge is 0.410 e. The van der Waals surface area contributed by atoms with Gasteiger partial charge in [0, 0.05) is 62.9 Å². The molecule has 3 saturated heterocycles. The predicted molar refractivity (Wildman–Crippen MR) is 165 cm³/mol. The van der Waals surface area contributed by atoms with E-state index in [0.717, 1.165) is 62.4 Å². The molecule has 0 bridgehead atoms. The third-order valence-corrected chi connectivity index (χ3v) is 8.61. The summed E-state index contributed by atoms with van der Waals surface area (Å²) < 4.78 is 24.5. The molecule has 4 aliphatic rings. The number of ether oxygens (including phenoxy) is 2. The van der Waals surface area contributed by atoms with E-state index in [1.165, 1.54) is 10.5 Å². The van der Waals surface area contributed by atoms with Crippen molar-refractivity contribution in [1.82, 2.24) is 25.8 Å². The molecule has 10 nitrogen and oxygen atoms in total. The number of benzene rings is 2.